The first-order valence-corrected chi connectivity index (χ1v) is 8.78. The number of aliphatic hydroxyl groups is 1. The molecule has 0 bridgehead atoms. The van der Waals surface area contributed by atoms with Gasteiger partial charge in [-0.3, -0.25) is 0 Å². The molecule has 0 aliphatic heterocycles. The second kappa shape index (κ2) is 5.49. The normalized spacial score (nSPS) is 24.6. The fourth-order valence-corrected chi connectivity index (χ4v) is 4.59. The molecule has 3 nitrogen and oxygen atoms in total. The molecule has 1 N–H and O–H groups in total. The molecule has 112 valence electrons. The summed E-state index contributed by atoms with van der Waals surface area (Å²) in [4.78, 5) is 0.379. The molecule has 1 aromatic rings. The van der Waals surface area contributed by atoms with Crippen LogP contribution in [0.4, 0.5) is 0 Å². The first-order chi connectivity index (χ1) is 9.21. The van der Waals surface area contributed by atoms with Crippen molar-refractivity contribution in [3.05, 3.63) is 29.8 Å². The maximum Gasteiger partial charge on any atom is 0.181 e. The van der Waals surface area contributed by atoms with Gasteiger partial charge in [-0.2, -0.15) is 0 Å². The van der Waals surface area contributed by atoms with Gasteiger partial charge in [-0.15, -0.1) is 0 Å². The summed E-state index contributed by atoms with van der Waals surface area (Å²) >= 11 is 0. The lowest BCUT2D eigenvalue weighted by Gasteiger charge is -2.26. The Morgan fingerprint density at radius 1 is 1.10 bits per heavy atom. The Hall–Kier alpha value is -0.870. The lowest BCUT2D eigenvalue weighted by Crippen LogP contribution is -2.30. The van der Waals surface area contributed by atoms with Crippen LogP contribution in [0.2, 0.25) is 0 Å². The Bertz CT molecular complexity index is 552. The van der Waals surface area contributed by atoms with Crippen LogP contribution in [0.1, 0.15) is 52.0 Å². The molecule has 0 amide bonds. The second-order valence-electron chi connectivity index (χ2n) is 6.76. The third-order valence-corrected chi connectivity index (χ3v) is 6.32. The van der Waals surface area contributed by atoms with Crippen LogP contribution >= 0.6 is 0 Å². The van der Waals surface area contributed by atoms with E-state index in [0.717, 1.165) is 18.4 Å². The third kappa shape index (κ3) is 3.23. The van der Waals surface area contributed by atoms with E-state index in [1.807, 2.05) is 12.1 Å². The van der Waals surface area contributed by atoms with Crippen molar-refractivity contribution >= 4 is 9.84 Å². The Balaban J connectivity index is 2.26. The van der Waals surface area contributed by atoms with Crippen LogP contribution in [-0.2, 0) is 15.3 Å². The number of aliphatic hydroxyl groups excluding tert-OH is 1. The smallest absolute Gasteiger partial charge is 0.181 e. The number of benzene rings is 1. The Labute approximate surface area is 121 Å². The van der Waals surface area contributed by atoms with Gasteiger partial charge in [0, 0.05) is 0 Å². The summed E-state index contributed by atoms with van der Waals surface area (Å²) < 4.78 is 25.2. The molecule has 2 rings (SSSR count). The van der Waals surface area contributed by atoms with Gasteiger partial charge in [-0.1, -0.05) is 32.9 Å². The highest BCUT2D eigenvalue weighted by atomic mass is 32.2. The maximum atomic E-state index is 12.6. The monoisotopic (exact) mass is 296 g/mol. The molecule has 1 saturated carbocycles. The quantitative estimate of drug-likeness (QED) is 0.912. The highest BCUT2D eigenvalue weighted by Crippen LogP contribution is 2.30. The summed E-state index contributed by atoms with van der Waals surface area (Å²) in [6.45, 7) is 6.32. The second-order valence-corrected chi connectivity index (χ2v) is 8.99. The van der Waals surface area contributed by atoms with Gasteiger partial charge >= 0.3 is 0 Å². The van der Waals surface area contributed by atoms with Crippen molar-refractivity contribution in [1.82, 2.24) is 0 Å². The summed E-state index contributed by atoms with van der Waals surface area (Å²) in [6, 6.07) is 7.20. The van der Waals surface area contributed by atoms with Crippen LogP contribution in [0.15, 0.2) is 29.2 Å². The number of rotatable bonds is 2. The minimum atomic E-state index is -3.32. The molecular formula is C16H24O3S. The fraction of sp³-hybridized carbons (Fsp3) is 0.625. The summed E-state index contributed by atoms with van der Waals surface area (Å²) in [5.74, 6) is 0. The van der Waals surface area contributed by atoms with Crippen molar-refractivity contribution in [1.29, 1.82) is 0 Å². The van der Waals surface area contributed by atoms with E-state index in [2.05, 4.69) is 20.8 Å². The number of hydrogen-bond acceptors (Lipinski definition) is 3. The average molecular weight is 296 g/mol. The van der Waals surface area contributed by atoms with Gasteiger partial charge in [0.15, 0.2) is 9.84 Å². The van der Waals surface area contributed by atoms with Crippen molar-refractivity contribution in [2.45, 2.75) is 68.1 Å². The van der Waals surface area contributed by atoms with Gasteiger partial charge in [-0.05, 0) is 48.8 Å². The van der Waals surface area contributed by atoms with E-state index in [1.165, 1.54) is 0 Å². The molecule has 0 heterocycles. The van der Waals surface area contributed by atoms with Crippen LogP contribution in [0.25, 0.3) is 0 Å². The molecule has 1 aliphatic rings. The fourth-order valence-electron chi connectivity index (χ4n) is 2.74. The van der Waals surface area contributed by atoms with Crippen LogP contribution in [-0.4, -0.2) is 24.9 Å². The van der Waals surface area contributed by atoms with Crippen LogP contribution < -0.4 is 0 Å². The average Bonchev–Trinajstić information content (AvgIpc) is 2.38. The molecule has 0 radical (unpaired) electrons. The van der Waals surface area contributed by atoms with Crippen molar-refractivity contribution < 1.29 is 13.5 Å². The van der Waals surface area contributed by atoms with Crippen molar-refractivity contribution in [2.24, 2.45) is 0 Å². The summed E-state index contributed by atoms with van der Waals surface area (Å²) in [5, 5.41) is 9.24. The zero-order chi connectivity index (χ0) is 15.0. The SMILES string of the molecule is CC(C)(C)c1ccc(S(=O)(=O)C2CCCC(O)C2)cc1. The molecule has 1 fully saturated rings. The van der Waals surface area contributed by atoms with Gasteiger partial charge in [0.05, 0.1) is 16.2 Å². The number of sulfone groups is 1. The lowest BCUT2D eigenvalue weighted by molar-refractivity contribution is 0.131. The van der Waals surface area contributed by atoms with E-state index in [4.69, 9.17) is 0 Å². The molecule has 0 spiro atoms. The van der Waals surface area contributed by atoms with Crippen LogP contribution in [0, 0.1) is 0 Å². The van der Waals surface area contributed by atoms with Gasteiger partial charge in [-0.25, -0.2) is 8.42 Å². The van der Waals surface area contributed by atoms with Crippen LogP contribution in [0.3, 0.4) is 0 Å². The van der Waals surface area contributed by atoms with Gasteiger partial charge in [0.2, 0.25) is 0 Å². The number of hydrogen-bond donors (Lipinski definition) is 1. The summed E-state index contributed by atoms with van der Waals surface area (Å²) in [7, 11) is -3.32. The molecule has 0 aromatic heterocycles. The first kappa shape index (κ1) is 15.5. The van der Waals surface area contributed by atoms with E-state index >= 15 is 0 Å². The maximum absolute atomic E-state index is 12.6. The standard InChI is InChI=1S/C16H24O3S/c1-16(2,3)12-7-9-14(10-8-12)20(18,19)15-6-4-5-13(17)11-15/h7-10,13,15,17H,4-6,11H2,1-3H3. The minimum Gasteiger partial charge on any atom is -0.393 e. The predicted molar refractivity (Wildman–Crippen MR) is 80.6 cm³/mol. The zero-order valence-corrected chi connectivity index (χ0v) is 13.3. The lowest BCUT2D eigenvalue weighted by atomic mass is 9.87. The van der Waals surface area contributed by atoms with Crippen molar-refractivity contribution in [3.8, 4) is 0 Å². The van der Waals surface area contributed by atoms with E-state index in [9.17, 15) is 13.5 Å². The molecule has 2 atom stereocenters. The molecular weight excluding hydrogens is 272 g/mol. The van der Waals surface area contributed by atoms with E-state index in [0.29, 0.717) is 17.7 Å². The van der Waals surface area contributed by atoms with Gasteiger partial charge in [0.25, 0.3) is 0 Å². The summed E-state index contributed by atoms with van der Waals surface area (Å²) in [6.07, 6.45) is 2.04. The largest absolute Gasteiger partial charge is 0.393 e. The minimum absolute atomic E-state index is 0.0172. The Kier molecular flexibility index (Phi) is 4.26. The molecule has 2 unspecified atom stereocenters. The molecule has 20 heavy (non-hydrogen) atoms. The van der Waals surface area contributed by atoms with E-state index in [1.54, 1.807) is 12.1 Å². The van der Waals surface area contributed by atoms with E-state index in [-0.39, 0.29) is 5.41 Å². The first-order valence-electron chi connectivity index (χ1n) is 7.24. The molecule has 4 heteroatoms. The topological polar surface area (TPSA) is 54.4 Å². The molecule has 0 saturated heterocycles. The summed E-state index contributed by atoms with van der Waals surface area (Å²) in [5.41, 5.74) is 1.14. The Morgan fingerprint density at radius 2 is 1.70 bits per heavy atom. The third-order valence-electron chi connectivity index (χ3n) is 4.09. The van der Waals surface area contributed by atoms with Crippen LogP contribution in [0.5, 0.6) is 0 Å². The van der Waals surface area contributed by atoms with E-state index < -0.39 is 21.2 Å². The predicted octanol–water partition coefficient (Wildman–Crippen LogP) is 3.06. The zero-order valence-electron chi connectivity index (χ0n) is 12.5. The Morgan fingerprint density at radius 3 is 2.20 bits per heavy atom. The van der Waals surface area contributed by atoms with Gasteiger partial charge in [0.1, 0.15) is 0 Å². The molecule has 1 aromatic carbocycles. The highest BCUT2D eigenvalue weighted by molar-refractivity contribution is 7.92. The molecule has 1 aliphatic carbocycles. The van der Waals surface area contributed by atoms with Crippen molar-refractivity contribution in [2.75, 3.05) is 0 Å². The van der Waals surface area contributed by atoms with Gasteiger partial charge < -0.3 is 5.11 Å². The highest BCUT2D eigenvalue weighted by Gasteiger charge is 2.32. The van der Waals surface area contributed by atoms with Crippen molar-refractivity contribution in [3.63, 3.8) is 0 Å².